The minimum absolute atomic E-state index is 0.00813. The summed E-state index contributed by atoms with van der Waals surface area (Å²) >= 11 is 5.76. The zero-order chi connectivity index (χ0) is 21.7. The molecule has 0 aliphatic carbocycles. The van der Waals surface area contributed by atoms with E-state index in [2.05, 4.69) is 35.5 Å². The summed E-state index contributed by atoms with van der Waals surface area (Å²) in [5.41, 5.74) is 1.42. The summed E-state index contributed by atoms with van der Waals surface area (Å²) in [6.45, 7) is -1.46. The van der Waals surface area contributed by atoms with Crippen molar-refractivity contribution in [2.45, 2.75) is 6.18 Å². The number of rotatable bonds is 7. The van der Waals surface area contributed by atoms with E-state index in [0.29, 0.717) is 16.8 Å². The Kier molecular flexibility index (Phi) is 6.57. The van der Waals surface area contributed by atoms with Gasteiger partial charge in [0.25, 0.3) is 0 Å². The summed E-state index contributed by atoms with van der Waals surface area (Å²) in [6.07, 6.45) is -2.96. The number of halogens is 5. The highest BCUT2D eigenvalue weighted by atomic mass is 35.5. The molecule has 2 aromatic heterocycles. The Balaban J connectivity index is 1.73. The molecule has 30 heavy (non-hydrogen) atoms. The van der Waals surface area contributed by atoms with Crippen molar-refractivity contribution in [3.05, 3.63) is 46.9 Å². The van der Waals surface area contributed by atoms with E-state index >= 15 is 0 Å². The van der Waals surface area contributed by atoms with Gasteiger partial charge >= 0.3 is 6.18 Å². The number of hydrogen-bond acceptors (Lipinski definition) is 6. The number of nitrogens with one attached hydrogen (secondary N) is 3. The lowest BCUT2D eigenvalue weighted by atomic mass is 10.2. The van der Waals surface area contributed by atoms with Crippen molar-refractivity contribution in [2.75, 3.05) is 30.4 Å². The molecule has 0 aliphatic heterocycles. The number of ether oxygens (including phenoxy) is 1. The highest BCUT2D eigenvalue weighted by Gasteiger charge is 2.27. The van der Waals surface area contributed by atoms with Gasteiger partial charge in [0.05, 0.1) is 17.1 Å². The fourth-order valence-electron chi connectivity index (χ4n) is 2.48. The Morgan fingerprint density at radius 2 is 2.10 bits per heavy atom. The van der Waals surface area contributed by atoms with E-state index in [1.54, 1.807) is 6.07 Å². The molecule has 0 atom stereocenters. The molecule has 13 heteroatoms. The first kappa shape index (κ1) is 21.6. The van der Waals surface area contributed by atoms with Crippen molar-refractivity contribution in [1.82, 2.24) is 15.0 Å². The minimum atomic E-state index is -4.39. The van der Waals surface area contributed by atoms with Crippen LogP contribution < -0.4 is 10.6 Å². The number of alkyl halides is 3. The summed E-state index contributed by atoms with van der Waals surface area (Å²) in [7, 11) is 0. The largest absolute Gasteiger partial charge is 0.411 e. The quantitative estimate of drug-likeness (QED) is 0.109. The number of amidine groups is 1. The van der Waals surface area contributed by atoms with Crippen molar-refractivity contribution in [3.8, 4) is 0 Å². The average molecular weight is 447 g/mol. The first-order valence-corrected chi connectivity index (χ1v) is 8.82. The Bertz CT molecular complexity index is 1060. The number of anilines is 2. The summed E-state index contributed by atoms with van der Waals surface area (Å²) in [5, 5.41) is 18.1. The van der Waals surface area contributed by atoms with Gasteiger partial charge in [0.15, 0.2) is 11.5 Å². The van der Waals surface area contributed by atoms with Crippen LogP contribution in [0, 0.1) is 5.82 Å². The molecular weight excluding hydrogens is 432 g/mol. The van der Waals surface area contributed by atoms with E-state index in [-0.39, 0.29) is 35.6 Å². The Hall–Kier alpha value is -3.12. The second kappa shape index (κ2) is 9.13. The molecule has 4 N–H and O–H groups in total. The van der Waals surface area contributed by atoms with Gasteiger partial charge in [-0.1, -0.05) is 16.8 Å². The third kappa shape index (κ3) is 5.48. The third-order valence-electron chi connectivity index (χ3n) is 3.73. The number of benzene rings is 1. The maximum atomic E-state index is 13.3. The molecule has 160 valence electrons. The van der Waals surface area contributed by atoms with E-state index in [0.717, 1.165) is 6.07 Å². The van der Waals surface area contributed by atoms with Gasteiger partial charge in [0.2, 0.25) is 5.95 Å². The van der Waals surface area contributed by atoms with Crippen molar-refractivity contribution in [2.24, 2.45) is 5.16 Å². The lowest BCUT2D eigenvalue weighted by molar-refractivity contribution is -0.172. The molecule has 0 amide bonds. The van der Waals surface area contributed by atoms with E-state index < -0.39 is 18.6 Å². The second-order valence-corrected chi connectivity index (χ2v) is 6.35. The highest BCUT2D eigenvalue weighted by Crippen LogP contribution is 2.22. The Labute approximate surface area is 171 Å². The van der Waals surface area contributed by atoms with Crippen molar-refractivity contribution >= 4 is 40.2 Å². The zero-order valence-electron chi connectivity index (χ0n) is 15.1. The molecule has 3 rings (SSSR count). The fourth-order valence-corrected chi connectivity index (χ4v) is 2.66. The molecule has 0 fully saturated rings. The summed E-state index contributed by atoms with van der Waals surface area (Å²) in [5.74, 6) is -0.351. The maximum absolute atomic E-state index is 13.3. The molecule has 3 aromatic rings. The van der Waals surface area contributed by atoms with Gasteiger partial charge in [-0.2, -0.15) is 18.2 Å². The topological polar surface area (TPSA) is 107 Å². The lowest BCUT2D eigenvalue weighted by Crippen LogP contribution is -2.20. The smallest absolute Gasteiger partial charge is 0.409 e. The van der Waals surface area contributed by atoms with Gasteiger partial charge in [0.1, 0.15) is 12.4 Å². The molecular formula is C17H15ClF4N6O2. The van der Waals surface area contributed by atoms with Gasteiger partial charge in [-0.15, -0.1) is 0 Å². The third-order valence-corrected chi connectivity index (χ3v) is 4.02. The SMILES string of the molecule is O/N=C(\Nc1ccc(F)c(Cl)c1)c1ccnc2nc(NCCOCC(F)(F)F)[nH]c12. The number of nitrogens with zero attached hydrogens (tertiary/aromatic N) is 3. The van der Waals surface area contributed by atoms with Gasteiger partial charge < -0.3 is 25.6 Å². The molecule has 0 bridgehead atoms. The van der Waals surface area contributed by atoms with Crippen LogP contribution >= 0.6 is 11.6 Å². The van der Waals surface area contributed by atoms with E-state index in [4.69, 9.17) is 11.6 Å². The van der Waals surface area contributed by atoms with Crippen LogP contribution in [-0.2, 0) is 4.74 Å². The molecule has 0 aliphatic rings. The Morgan fingerprint density at radius 1 is 1.30 bits per heavy atom. The van der Waals surface area contributed by atoms with E-state index in [9.17, 15) is 22.8 Å². The molecule has 2 heterocycles. The second-order valence-electron chi connectivity index (χ2n) is 5.94. The summed E-state index contributed by atoms with van der Waals surface area (Å²) in [6, 6.07) is 5.43. The Morgan fingerprint density at radius 3 is 2.80 bits per heavy atom. The number of fused-ring (bicyclic) bond motifs is 1. The van der Waals surface area contributed by atoms with E-state index in [1.807, 2.05) is 0 Å². The van der Waals surface area contributed by atoms with Crippen LogP contribution in [0.5, 0.6) is 0 Å². The number of H-pyrrole nitrogens is 1. The van der Waals surface area contributed by atoms with Crippen molar-refractivity contribution in [1.29, 1.82) is 0 Å². The number of imidazole rings is 1. The van der Waals surface area contributed by atoms with Crippen LogP contribution in [0.2, 0.25) is 5.02 Å². The van der Waals surface area contributed by atoms with Gasteiger partial charge in [0, 0.05) is 24.0 Å². The molecule has 0 radical (unpaired) electrons. The molecule has 0 spiro atoms. The van der Waals surface area contributed by atoms with Gasteiger partial charge in [-0.25, -0.2) is 9.37 Å². The number of hydrogen-bond donors (Lipinski definition) is 4. The maximum Gasteiger partial charge on any atom is 0.411 e. The molecule has 0 saturated carbocycles. The zero-order valence-corrected chi connectivity index (χ0v) is 15.9. The number of aromatic amines is 1. The first-order chi connectivity index (χ1) is 14.3. The van der Waals surface area contributed by atoms with Crippen LogP contribution in [0.1, 0.15) is 5.56 Å². The summed E-state index contributed by atoms with van der Waals surface area (Å²) < 4.78 is 54.0. The highest BCUT2D eigenvalue weighted by molar-refractivity contribution is 6.31. The molecule has 8 nitrogen and oxygen atoms in total. The lowest BCUT2D eigenvalue weighted by Gasteiger charge is -2.09. The van der Waals surface area contributed by atoms with Crippen LogP contribution in [0.4, 0.5) is 29.2 Å². The van der Waals surface area contributed by atoms with Crippen molar-refractivity contribution in [3.63, 3.8) is 0 Å². The monoisotopic (exact) mass is 446 g/mol. The minimum Gasteiger partial charge on any atom is -0.409 e. The average Bonchev–Trinajstić information content (AvgIpc) is 3.11. The molecule has 0 saturated heterocycles. The molecule has 0 unspecified atom stereocenters. The van der Waals surface area contributed by atoms with Crippen LogP contribution in [0.15, 0.2) is 35.6 Å². The van der Waals surface area contributed by atoms with Crippen LogP contribution in [-0.4, -0.2) is 51.9 Å². The number of oxime groups is 1. The number of pyridine rings is 1. The van der Waals surface area contributed by atoms with Gasteiger partial charge in [-0.3, -0.25) is 0 Å². The number of aromatic nitrogens is 3. The molecule has 1 aromatic carbocycles. The normalized spacial score (nSPS) is 12.4. The predicted octanol–water partition coefficient (Wildman–Crippen LogP) is 3.99. The first-order valence-electron chi connectivity index (χ1n) is 8.44. The van der Waals surface area contributed by atoms with Crippen LogP contribution in [0.25, 0.3) is 11.2 Å². The van der Waals surface area contributed by atoms with Gasteiger partial charge in [-0.05, 0) is 24.3 Å². The predicted molar refractivity (Wildman–Crippen MR) is 103 cm³/mol. The fraction of sp³-hybridized carbons (Fsp3) is 0.235. The van der Waals surface area contributed by atoms with Crippen LogP contribution in [0.3, 0.4) is 0 Å². The standard InChI is InChI=1S/C17H15ClF4N6O2/c18-11-7-9(1-2-12(11)19)25-14(28-29)10-3-4-23-15-13(10)26-16(27-15)24-5-6-30-8-17(20,21)22/h1-4,7,29H,5-6,8H2,(H,25,28)(H2,23,24,26,27). The van der Waals surface area contributed by atoms with Crippen molar-refractivity contribution < 1.29 is 27.5 Å². The summed E-state index contributed by atoms with van der Waals surface area (Å²) in [4.78, 5) is 11.2. The van der Waals surface area contributed by atoms with E-state index in [1.165, 1.54) is 18.3 Å².